The van der Waals surface area contributed by atoms with E-state index in [4.69, 9.17) is 10.6 Å². The van der Waals surface area contributed by atoms with Gasteiger partial charge in [0, 0.05) is 5.69 Å². The zero-order chi connectivity index (χ0) is 12.8. The van der Waals surface area contributed by atoms with Gasteiger partial charge in [-0.15, -0.1) is 0 Å². The molecule has 0 aliphatic carbocycles. The highest BCUT2D eigenvalue weighted by Gasteiger charge is 2.18. The molecule has 0 aliphatic heterocycles. The van der Waals surface area contributed by atoms with Gasteiger partial charge in [0.25, 0.3) is 5.91 Å². The smallest absolute Gasteiger partial charge is 0.274 e. The molecule has 0 aromatic carbocycles. The van der Waals surface area contributed by atoms with Crippen LogP contribution < -0.4 is 16.0 Å². The zero-order valence-corrected chi connectivity index (χ0v) is 10.5. The van der Waals surface area contributed by atoms with Crippen LogP contribution in [0.1, 0.15) is 31.7 Å². The molecule has 3 N–H and O–H groups in total. The third-order valence-electron chi connectivity index (χ3n) is 2.48. The topological polar surface area (TPSA) is 77.2 Å². The second-order valence-corrected chi connectivity index (χ2v) is 3.77. The van der Waals surface area contributed by atoms with Crippen LogP contribution in [0.15, 0.2) is 12.1 Å². The first-order valence-corrected chi connectivity index (χ1v) is 5.76. The Bertz CT molecular complexity index is 393. The fraction of sp³-hybridized carbons (Fsp3) is 0.500. The van der Waals surface area contributed by atoms with Gasteiger partial charge in [0.15, 0.2) is 6.10 Å². The van der Waals surface area contributed by atoms with Gasteiger partial charge in [0.2, 0.25) is 0 Å². The Hall–Kier alpha value is -1.62. The molecule has 1 rings (SSSR count). The molecule has 94 valence electrons. The van der Waals surface area contributed by atoms with Gasteiger partial charge < -0.3 is 4.74 Å². The molecular formula is C12H19N3O2. The monoisotopic (exact) mass is 237 g/mol. The number of hydrogen-bond donors (Lipinski definition) is 2. The minimum atomic E-state index is -0.574. The number of ether oxygens (including phenoxy) is 1. The summed E-state index contributed by atoms with van der Waals surface area (Å²) in [5.74, 6) is 5.42. The fourth-order valence-electron chi connectivity index (χ4n) is 1.53. The molecular weight excluding hydrogens is 218 g/mol. The fourth-order valence-corrected chi connectivity index (χ4v) is 1.53. The van der Waals surface area contributed by atoms with Gasteiger partial charge in [0.05, 0.1) is 5.69 Å². The summed E-state index contributed by atoms with van der Waals surface area (Å²) in [7, 11) is 0. The van der Waals surface area contributed by atoms with Crippen molar-refractivity contribution in [2.45, 2.75) is 39.7 Å². The van der Waals surface area contributed by atoms with E-state index in [2.05, 4.69) is 10.4 Å². The second kappa shape index (κ2) is 6.20. The molecule has 17 heavy (non-hydrogen) atoms. The maximum absolute atomic E-state index is 11.4. The summed E-state index contributed by atoms with van der Waals surface area (Å²) < 4.78 is 5.64. The number of nitrogens with one attached hydrogen (secondary N) is 1. The largest absolute Gasteiger partial charge is 0.479 e. The van der Waals surface area contributed by atoms with Crippen LogP contribution in [-0.2, 0) is 11.2 Å². The predicted molar refractivity (Wildman–Crippen MR) is 65.4 cm³/mol. The maximum atomic E-state index is 11.4. The number of hydrazine groups is 1. The van der Waals surface area contributed by atoms with E-state index in [1.165, 1.54) is 0 Å². The van der Waals surface area contributed by atoms with Gasteiger partial charge in [-0.3, -0.25) is 15.2 Å². The molecule has 5 nitrogen and oxygen atoms in total. The van der Waals surface area contributed by atoms with Crippen LogP contribution in [0.4, 0.5) is 0 Å². The number of aromatic nitrogens is 1. The number of pyridine rings is 1. The van der Waals surface area contributed by atoms with Gasteiger partial charge in [-0.25, -0.2) is 5.84 Å². The number of amides is 1. The Morgan fingerprint density at radius 1 is 1.53 bits per heavy atom. The summed E-state index contributed by atoms with van der Waals surface area (Å²) in [4.78, 5) is 15.8. The lowest BCUT2D eigenvalue weighted by Crippen LogP contribution is -2.41. The molecule has 1 unspecified atom stereocenters. The SMILES string of the molecule is CCc1nc(C)ccc1OC(CC)C(=O)NN. The summed E-state index contributed by atoms with van der Waals surface area (Å²) in [5, 5.41) is 0. The van der Waals surface area contributed by atoms with E-state index in [0.29, 0.717) is 12.2 Å². The lowest BCUT2D eigenvalue weighted by molar-refractivity contribution is -0.128. The quantitative estimate of drug-likeness (QED) is 0.456. The second-order valence-electron chi connectivity index (χ2n) is 3.77. The highest BCUT2D eigenvalue weighted by atomic mass is 16.5. The molecule has 1 aromatic rings. The van der Waals surface area contributed by atoms with Crippen molar-refractivity contribution < 1.29 is 9.53 Å². The molecule has 0 radical (unpaired) electrons. The molecule has 0 aliphatic rings. The zero-order valence-electron chi connectivity index (χ0n) is 10.5. The van der Waals surface area contributed by atoms with E-state index < -0.39 is 6.10 Å². The standard InChI is InChI=1S/C12H19N3O2/c1-4-9-11(7-6-8(3)14-9)17-10(5-2)12(16)15-13/h6-7,10H,4-5,13H2,1-3H3,(H,15,16). The van der Waals surface area contributed by atoms with Crippen LogP contribution in [0.5, 0.6) is 5.75 Å². The highest BCUT2D eigenvalue weighted by Crippen LogP contribution is 2.19. The molecule has 1 atom stereocenters. The van der Waals surface area contributed by atoms with Crippen LogP contribution >= 0.6 is 0 Å². The average Bonchev–Trinajstić information content (AvgIpc) is 2.36. The van der Waals surface area contributed by atoms with E-state index in [1.54, 1.807) is 0 Å². The van der Waals surface area contributed by atoms with Crippen molar-refractivity contribution in [3.05, 3.63) is 23.5 Å². The van der Waals surface area contributed by atoms with Crippen molar-refractivity contribution in [3.63, 3.8) is 0 Å². The lowest BCUT2D eigenvalue weighted by atomic mass is 10.2. The normalized spacial score (nSPS) is 12.0. The Balaban J connectivity index is 2.89. The van der Waals surface area contributed by atoms with Gasteiger partial charge in [-0.2, -0.15) is 0 Å². The third-order valence-corrected chi connectivity index (χ3v) is 2.48. The van der Waals surface area contributed by atoms with E-state index >= 15 is 0 Å². The van der Waals surface area contributed by atoms with E-state index in [9.17, 15) is 4.79 Å². The molecule has 0 saturated heterocycles. The summed E-state index contributed by atoms with van der Waals surface area (Å²) >= 11 is 0. The van der Waals surface area contributed by atoms with E-state index in [-0.39, 0.29) is 5.91 Å². The third kappa shape index (κ3) is 3.42. The number of rotatable bonds is 5. The van der Waals surface area contributed by atoms with Crippen molar-refractivity contribution in [2.24, 2.45) is 5.84 Å². The van der Waals surface area contributed by atoms with E-state index in [0.717, 1.165) is 17.8 Å². The van der Waals surface area contributed by atoms with Crippen LogP contribution in [0.3, 0.4) is 0 Å². The minimum Gasteiger partial charge on any atom is -0.479 e. The first-order chi connectivity index (χ1) is 8.12. The van der Waals surface area contributed by atoms with Gasteiger partial charge in [-0.05, 0) is 31.9 Å². The van der Waals surface area contributed by atoms with Crippen LogP contribution in [0, 0.1) is 6.92 Å². The van der Waals surface area contributed by atoms with E-state index in [1.807, 2.05) is 32.9 Å². The molecule has 0 fully saturated rings. The highest BCUT2D eigenvalue weighted by molar-refractivity contribution is 5.80. The van der Waals surface area contributed by atoms with Crippen LogP contribution in [-0.4, -0.2) is 17.0 Å². The predicted octanol–water partition coefficient (Wildman–Crippen LogP) is 1.10. The molecule has 1 amide bonds. The van der Waals surface area contributed by atoms with Crippen molar-refractivity contribution in [1.82, 2.24) is 10.4 Å². The summed E-state index contributed by atoms with van der Waals surface area (Å²) in [5.41, 5.74) is 3.89. The first-order valence-electron chi connectivity index (χ1n) is 5.76. The van der Waals surface area contributed by atoms with Gasteiger partial charge in [0.1, 0.15) is 5.75 Å². The molecule has 1 aromatic heterocycles. The lowest BCUT2D eigenvalue weighted by Gasteiger charge is -2.17. The Morgan fingerprint density at radius 2 is 2.24 bits per heavy atom. The summed E-state index contributed by atoms with van der Waals surface area (Å²) in [6.07, 6.45) is 0.743. The Morgan fingerprint density at radius 3 is 2.76 bits per heavy atom. The van der Waals surface area contributed by atoms with Crippen molar-refractivity contribution in [3.8, 4) is 5.75 Å². The number of carbonyl (C=O) groups is 1. The Kier molecular flexibility index (Phi) is 4.90. The average molecular weight is 237 g/mol. The summed E-state index contributed by atoms with van der Waals surface area (Å²) in [6.45, 7) is 5.79. The summed E-state index contributed by atoms with van der Waals surface area (Å²) in [6, 6.07) is 3.70. The number of nitrogens with two attached hydrogens (primary N) is 1. The van der Waals surface area contributed by atoms with Crippen molar-refractivity contribution in [2.75, 3.05) is 0 Å². The van der Waals surface area contributed by atoms with Crippen molar-refractivity contribution in [1.29, 1.82) is 0 Å². The maximum Gasteiger partial charge on any atom is 0.274 e. The molecule has 5 heteroatoms. The van der Waals surface area contributed by atoms with Crippen LogP contribution in [0.2, 0.25) is 0 Å². The van der Waals surface area contributed by atoms with Gasteiger partial charge in [-0.1, -0.05) is 13.8 Å². The molecule has 0 spiro atoms. The number of nitrogens with zero attached hydrogens (tertiary/aromatic N) is 1. The molecule has 1 heterocycles. The first kappa shape index (κ1) is 13.4. The number of hydrogen-bond acceptors (Lipinski definition) is 4. The number of aryl methyl sites for hydroxylation is 2. The molecule has 0 bridgehead atoms. The van der Waals surface area contributed by atoms with Crippen LogP contribution in [0.25, 0.3) is 0 Å². The van der Waals surface area contributed by atoms with Crippen molar-refractivity contribution >= 4 is 5.91 Å². The number of carbonyl (C=O) groups excluding carboxylic acids is 1. The van der Waals surface area contributed by atoms with Gasteiger partial charge >= 0.3 is 0 Å². The molecule has 0 saturated carbocycles. The Labute approximate surface area is 101 Å². The minimum absolute atomic E-state index is 0.324.